The van der Waals surface area contributed by atoms with E-state index >= 15 is 0 Å². The van der Waals surface area contributed by atoms with Crippen LogP contribution in [0.3, 0.4) is 0 Å². The molecule has 15 heavy (non-hydrogen) atoms. The Kier molecular flexibility index (Phi) is 5.15. The third kappa shape index (κ3) is 4.81. The third-order valence-corrected chi connectivity index (χ3v) is 2.16. The lowest BCUT2D eigenvalue weighted by Gasteiger charge is -2.07. The molecule has 0 amide bonds. The first-order chi connectivity index (χ1) is 7.22. The molecule has 3 nitrogen and oxygen atoms in total. The molecule has 1 atom stereocenters. The first-order valence-corrected chi connectivity index (χ1v) is 5.18. The second-order valence-corrected chi connectivity index (χ2v) is 3.71. The van der Waals surface area contributed by atoms with E-state index in [4.69, 9.17) is 15.2 Å². The molecule has 0 heterocycles. The molecule has 1 unspecified atom stereocenters. The van der Waals surface area contributed by atoms with E-state index in [1.54, 1.807) is 7.11 Å². The van der Waals surface area contributed by atoms with Crippen molar-refractivity contribution < 1.29 is 9.47 Å². The summed E-state index contributed by atoms with van der Waals surface area (Å²) in [6.07, 6.45) is 2.03. The van der Waals surface area contributed by atoms with Crippen molar-refractivity contribution in [3.05, 3.63) is 29.8 Å². The molecule has 0 bridgehead atoms. The SMILES string of the molecule is COCOc1ccc(CCC(C)N)cc1. The average molecular weight is 209 g/mol. The summed E-state index contributed by atoms with van der Waals surface area (Å²) in [6, 6.07) is 8.29. The first kappa shape index (κ1) is 12.0. The van der Waals surface area contributed by atoms with Crippen LogP contribution in [0.25, 0.3) is 0 Å². The fourth-order valence-electron chi connectivity index (χ4n) is 1.27. The molecule has 0 fully saturated rings. The number of rotatable bonds is 6. The summed E-state index contributed by atoms with van der Waals surface area (Å²) in [5.41, 5.74) is 6.98. The maximum absolute atomic E-state index is 5.69. The molecule has 0 saturated carbocycles. The minimum absolute atomic E-state index is 0.259. The van der Waals surface area contributed by atoms with E-state index in [0.717, 1.165) is 18.6 Å². The highest BCUT2D eigenvalue weighted by Gasteiger charge is 1.98. The molecule has 0 saturated heterocycles. The maximum atomic E-state index is 5.69. The van der Waals surface area contributed by atoms with Crippen LogP contribution in [0.5, 0.6) is 5.75 Å². The number of methoxy groups -OCH3 is 1. The number of nitrogens with two attached hydrogens (primary N) is 1. The Balaban J connectivity index is 2.41. The van der Waals surface area contributed by atoms with Gasteiger partial charge >= 0.3 is 0 Å². The number of hydrogen-bond donors (Lipinski definition) is 1. The predicted molar refractivity (Wildman–Crippen MR) is 60.9 cm³/mol. The molecule has 3 heteroatoms. The average Bonchev–Trinajstić information content (AvgIpc) is 2.25. The van der Waals surface area contributed by atoms with Crippen LogP contribution >= 0.6 is 0 Å². The molecule has 0 aliphatic heterocycles. The molecule has 84 valence electrons. The Morgan fingerprint density at radius 1 is 1.27 bits per heavy atom. The van der Waals surface area contributed by atoms with Crippen LogP contribution in [-0.4, -0.2) is 19.9 Å². The van der Waals surface area contributed by atoms with Crippen LogP contribution in [0.2, 0.25) is 0 Å². The van der Waals surface area contributed by atoms with Gasteiger partial charge < -0.3 is 15.2 Å². The zero-order valence-electron chi connectivity index (χ0n) is 9.40. The lowest BCUT2D eigenvalue weighted by Crippen LogP contribution is -2.15. The van der Waals surface area contributed by atoms with Crippen molar-refractivity contribution >= 4 is 0 Å². The van der Waals surface area contributed by atoms with Gasteiger partial charge in [-0.3, -0.25) is 0 Å². The summed E-state index contributed by atoms with van der Waals surface area (Å²) in [4.78, 5) is 0. The highest BCUT2D eigenvalue weighted by atomic mass is 16.7. The molecule has 2 N–H and O–H groups in total. The molecule has 0 aliphatic carbocycles. The van der Waals surface area contributed by atoms with E-state index in [9.17, 15) is 0 Å². The Bertz CT molecular complexity index is 269. The summed E-state index contributed by atoms with van der Waals surface area (Å²) in [7, 11) is 1.61. The van der Waals surface area contributed by atoms with E-state index in [0.29, 0.717) is 6.79 Å². The minimum atomic E-state index is 0.259. The number of benzene rings is 1. The fraction of sp³-hybridized carbons (Fsp3) is 0.500. The Morgan fingerprint density at radius 3 is 2.47 bits per heavy atom. The molecular formula is C12H19NO2. The Labute approximate surface area is 91.2 Å². The highest BCUT2D eigenvalue weighted by molar-refractivity contribution is 5.27. The monoisotopic (exact) mass is 209 g/mol. The molecule has 0 aliphatic rings. The van der Waals surface area contributed by atoms with Gasteiger partial charge in [0.25, 0.3) is 0 Å². The molecule has 1 aromatic carbocycles. The summed E-state index contributed by atoms with van der Waals surface area (Å²) < 4.78 is 10.1. The van der Waals surface area contributed by atoms with Gasteiger partial charge in [0.15, 0.2) is 6.79 Å². The zero-order chi connectivity index (χ0) is 11.1. The van der Waals surface area contributed by atoms with Crippen molar-refractivity contribution in [2.45, 2.75) is 25.8 Å². The van der Waals surface area contributed by atoms with Crippen LogP contribution in [0.15, 0.2) is 24.3 Å². The first-order valence-electron chi connectivity index (χ1n) is 5.18. The van der Waals surface area contributed by atoms with Gasteiger partial charge in [-0.25, -0.2) is 0 Å². The highest BCUT2D eigenvalue weighted by Crippen LogP contribution is 2.13. The molecule has 0 radical (unpaired) electrons. The smallest absolute Gasteiger partial charge is 0.188 e. The van der Waals surface area contributed by atoms with Crippen molar-refractivity contribution in [2.75, 3.05) is 13.9 Å². The summed E-state index contributed by atoms with van der Waals surface area (Å²) >= 11 is 0. The van der Waals surface area contributed by atoms with E-state index in [1.165, 1.54) is 5.56 Å². The maximum Gasteiger partial charge on any atom is 0.188 e. The van der Waals surface area contributed by atoms with E-state index in [-0.39, 0.29) is 6.04 Å². The Morgan fingerprint density at radius 2 is 1.93 bits per heavy atom. The number of ether oxygens (including phenoxy) is 2. The predicted octanol–water partition coefficient (Wildman–Crippen LogP) is 1.95. The second kappa shape index (κ2) is 6.43. The topological polar surface area (TPSA) is 44.5 Å². The van der Waals surface area contributed by atoms with E-state index in [1.807, 2.05) is 19.1 Å². The van der Waals surface area contributed by atoms with Crippen LogP contribution in [0, 0.1) is 0 Å². The number of hydrogen-bond acceptors (Lipinski definition) is 3. The lowest BCUT2D eigenvalue weighted by atomic mass is 10.1. The third-order valence-electron chi connectivity index (χ3n) is 2.16. The van der Waals surface area contributed by atoms with Crippen molar-refractivity contribution in [3.8, 4) is 5.75 Å². The van der Waals surface area contributed by atoms with Crippen LogP contribution < -0.4 is 10.5 Å². The van der Waals surface area contributed by atoms with Crippen molar-refractivity contribution in [2.24, 2.45) is 5.73 Å². The van der Waals surface area contributed by atoms with E-state index < -0.39 is 0 Å². The van der Waals surface area contributed by atoms with Crippen LogP contribution in [-0.2, 0) is 11.2 Å². The summed E-state index contributed by atoms with van der Waals surface area (Å²) in [5, 5.41) is 0. The van der Waals surface area contributed by atoms with Gasteiger partial charge in [-0.2, -0.15) is 0 Å². The number of aryl methyl sites for hydroxylation is 1. The van der Waals surface area contributed by atoms with E-state index in [2.05, 4.69) is 12.1 Å². The largest absolute Gasteiger partial charge is 0.468 e. The van der Waals surface area contributed by atoms with Crippen LogP contribution in [0.1, 0.15) is 18.9 Å². The fourth-order valence-corrected chi connectivity index (χ4v) is 1.27. The van der Waals surface area contributed by atoms with Gasteiger partial charge in [0, 0.05) is 13.2 Å². The normalized spacial score (nSPS) is 12.5. The van der Waals surface area contributed by atoms with Crippen molar-refractivity contribution in [1.82, 2.24) is 0 Å². The quantitative estimate of drug-likeness (QED) is 0.728. The lowest BCUT2D eigenvalue weighted by molar-refractivity contribution is 0.0511. The minimum Gasteiger partial charge on any atom is -0.468 e. The van der Waals surface area contributed by atoms with Gasteiger partial charge in [0.1, 0.15) is 5.75 Å². The molecule has 1 rings (SSSR count). The van der Waals surface area contributed by atoms with Crippen LogP contribution in [0.4, 0.5) is 0 Å². The van der Waals surface area contributed by atoms with Gasteiger partial charge in [0.2, 0.25) is 0 Å². The summed E-state index contributed by atoms with van der Waals surface area (Å²) in [6.45, 7) is 2.31. The zero-order valence-corrected chi connectivity index (χ0v) is 9.40. The summed E-state index contributed by atoms with van der Waals surface area (Å²) in [5.74, 6) is 0.835. The molecule has 0 aromatic heterocycles. The molecule has 0 spiro atoms. The van der Waals surface area contributed by atoms with Gasteiger partial charge in [-0.05, 0) is 37.5 Å². The van der Waals surface area contributed by atoms with Gasteiger partial charge in [-0.1, -0.05) is 12.1 Å². The molecular weight excluding hydrogens is 190 g/mol. The van der Waals surface area contributed by atoms with Crippen molar-refractivity contribution in [1.29, 1.82) is 0 Å². The standard InChI is InChI=1S/C12H19NO2/c1-10(13)3-4-11-5-7-12(8-6-11)15-9-14-2/h5-8,10H,3-4,9,13H2,1-2H3. The molecule has 1 aromatic rings. The van der Waals surface area contributed by atoms with Crippen molar-refractivity contribution in [3.63, 3.8) is 0 Å². The second-order valence-electron chi connectivity index (χ2n) is 3.71. The Hall–Kier alpha value is -1.06. The van der Waals surface area contributed by atoms with Gasteiger partial charge in [0.05, 0.1) is 0 Å². The van der Waals surface area contributed by atoms with Gasteiger partial charge in [-0.15, -0.1) is 0 Å².